The Hall–Kier alpha value is -3.18. The summed E-state index contributed by atoms with van der Waals surface area (Å²) < 4.78 is 5.51. The lowest BCUT2D eigenvalue weighted by Gasteiger charge is -2.38. The van der Waals surface area contributed by atoms with Crippen molar-refractivity contribution in [3.63, 3.8) is 0 Å². The van der Waals surface area contributed by atoms with Crippen molar-refractivity contribution in [3.8, 4) is 5.75 Å². The van der Waals surface area contributed by atoms with Gasteiger partial charge in [-0.15, -0.1) is 0 Å². The number of methoxy groups -OCH3 is 1. The number of carbonyl (C=O) groups is 2. The molecule has 10 heteroatoms. The Morgan fingerprint density at radius 2 is 1.50 bits per heavy atom. The van der Waals surface area contributed by atoms with Crippen molar-refractivity contribution < 1.29 is 29.6 Å². The van der Waals surface area contributed by atoms with E-state index in [1.165, 1.54) is 0 Å². The molecule has 0 unspecified atom stereocenters. The molecule has 1 aliphatic heterocycles. The number of piperazine rings is 1. The number of para-hydroxylation sites is 2. The minimum absolute atomic E-state index is 0.558. The number of carboxylic acid groups (broad SMARTS) is 2. The third-order valence-electron chi connectivity index (χ3n) is 5.95. The van der Waals surface area contributed by atoms with Gasteiger partial charge in [-0.2, -0.15) is 22.7 Å². The van der Waals surface area contributed by atoms with Crippen molar-refractivity contribution in [3.05, 3.63) is 81.2 Å². The van der Waals surface area contributed by atoms with Crippen molar-refractivity contribution in [2.24, 2.45) is 0 Å². The van der Waals surface area contributed by atoms with Gasteiger partial charge in [-0.25, -0.2) is 9.59 Å². The molecule has 0 radical (unpaired) electrons. The fourth-order valence-corrected chi connectivity index (χ4v) is 5.47. The van der Waals surface area contributed by atoms with Crippen molar-refractivity contribution in [1.82, 2.24) is 4.90 Å². The molecule has 36 heavy (non-hydrogen) atoms. The predicted octanol–water partition coefficient (Wildman–Crippen LogP) is 3.98. The molecule has 3 N–H and O–H groups in total. The van der Waals surface area contributed by atoms with Gasteiger partial charge in [0.05, 0.1) is 12.8 Å². The summed E-state index contributed by atoms with van der Waals surface area (Å²) in [6, 6.07) is 12.3. The minimum atomic E-state index is -1.26. The van der Waals surface area contributed by atoms with E-state index in [9.17, 15) is 14.7 Å². The summed E-state index contributed by atoms with van der Waals surface area (Å²) in [4.78, 5) is 23.9. The van der Waals surface area contributed by atoms with Gasteiger partial charge in [0.15, 0.2) is 0 Å². The van der Waals surface area contributed by atoms with Crippen LogP contribution in [0.2, 0.25) is 0 Å². The van der Waals surface area contributed by atoms with Crippen molar-refractivity contribution >= 4 is 40.3 Å². The molecule has 4 rings (SSSR count). The highest BCUT2D eigenvalue weighted by molar-refractivity contribution is 7.08. The van der Waals surface area contributed by atoms with Crippen LogP contribution in [0, 0.1) is 0 Å². The van der Waals surface area contributed by atoms with E-state index in [1.54, 1.807) is 29.8 Å². The molecule has 0 atom stereocenters. The molecule has 8 nitrogen and oxygen atoms in total. The first-order valence-corrected chi connectivity index (χ1v) is 13.2. The van der Waals surface area contributed by atoms with E-state index in [1.807, 2.05) is 35.0 Å². The number of rotatable bonds is 9. The van der Waals surface area contributed by atoms with Gasteiger partial charge < -0.3 is 25.0 Å². The molecule has 1 aliphatic rings. The third-order valence-corrected chi connectivity index (χ3v) is 7.32. The molecule has 0 spiro atoms. The van der Waals surface area contributed by atoms with Crippen molar-refractivity contribution in [2.75, 3.05) is 44.7 Å². The molecule has 0 saturated carbocycles. The van der Waals surface area contributed by atoms with Gasteiger partial charge >= 0.3 is 11.9 Å². The smallest absolute Gasteiger partial charge is 0.328 e. The molecule has 3 aromatic rings. The monoisotopic (exact) mass is 530 g/mol. The highest BCUT2D eigenvalue weighted by Gasteiger charge is 2.33. The summed E-state index contributed by atoms with van der Waals surface area (Å²) in [5.74, 6) is -1.58. The van der Waals surface area contributed by atoms with E-state index in [0.29, 0.717) is 18.6 Å². The van der Waals surface area contributed by atoms with Crippen LogP contribution in [0.1, 0.15) is 17.5 Å². The Labute approximate surface area is 218 Å². The molecule has 3 heterocycles. The molecule has 2 aromatic heterocycles. The maximum Gasteiger partial charge on any atom is 0.328 e. The largest absolute Gasteiger partial charge is 0.495 e. The number of hydrogen-bond donors (Lipinski definition) is 3. The number of hydrogen-bond acceptors (Lipinski definition) is 8. The van der Waals surface area contributed by atoms with E-state index in [-0.39, 0.29) is 0 Å². The molecular formula is C26H30N2O6S2. The average molecular weight is 531 g/mol. The number of aliphatic hydroxyl groups is 1. The van der Waals surface area contributed by atoms with Crippen LogP contribution in [0.4, 0.5) is 5.69 Å². The van der Waals surface area contributed by atoms with E-state index < -0.39 is 17.5 Å². The predicted molar refractivity (Wildman–Crippen MR) is 142 cm³/mol. The summed E-state index contributed by atoms with van der Waals surface area (Å²) in [7, 11) is 1.73. The Kier molecular flexibility index (Phi) is 10.1. The molecule has 1 fully saturated rings. The first-order chi connectivity index (χ1) is 17.3. The number of aliphatic carboxylic acids is 2. The lowest BCUT2D eigenvalue weighted by atomic mass is 9.86. The van der Waals surface area contributed by atoms with Crippen LogP contribution < -0.4 is 9.64 Å². The number of anilines is 1. The quantitative estimate of drug-likeness (QED) is 0.357. The zero-order valence-electron chi connectivity index (χ0n) is 19.9. The summed E-state index contributed by atoms with van der Waals surface area (Å²) in [6.07, 6.45) is 1.82. The van der Waals surface area contributed by atoms with E-state index >= 15 is 0 Å². The number of thiophene rings is 2. The summed E-state index contributed by atoms with van der Waals surface area (Å²) in [6.45, 7) is 4.79. The highest BCUT2D eigenvalue weighted by atomic mass is 32.1. The van der Waals surface area contributed by atoms with Gasteiger partial charge in [-0.05, 0) is 63.3 Å². The Morgan fingerprint density at radius 3 is 1.97 bits per heavy atom. The number of benzene rings is 1. The van der Waals surface area contributed by atoms with Crippen LogP contribution in [0.3, 0.4) is 0 Å². The van der Waals surface area contributed by atoms with Crippen LogP contribution in [0.25, 0.3) is 0 Å². The Bertz CT molecular complexity index is 1070. The first-order valence-electron chi connectivity index (χ1n) is 11.4. The van der Waals surface area contributed by atoms with E-state index in [2.05, 4.69) is 32.7 Å². The van der Waals surface area contributed by atoms with Gasteiger partial charge in [-0.3, -0.25) is 4.90 Å². The maximum absolute atomic E-state index is 11.5. The molecule has 0 bridgehead atoms. The maximum atomic E-state index is 11.5. The second-order valence-electron chi connectivity index (χ2n) is 8.14. The SMILES string of the molecule is COc1ccccc1N1CCN(CCC(O)(c2ccsc2)c2ccsc2)CC1.O=C(O)/C=C/C(=O)O. The molecule has 0 aliphatic carbocycles. The second-order valence-corrected chi connectivity index (χ2v) is 9.70. The van der Waals surface area contributed by atoms with Gasteiger partial charge in [0.2, 0.25) is 0 Å². The third kappa shape index (κ3) is 7.41. The van der Waals surface area contributed by atoms with Crippen LogP contribution in [-0.4, -0.2) is 72.0 Å². The fraction of sp³-hybridized carbons (Fsp3) is 0.308. The van der Waals surface area contributed by atoms with Crippen LogP contribution in [0.15, 0.2) is 70.1 Å². The summed E-state index contributed by atoms with van der Waals surface area (Å²) >= 11 is 3.28. The van der Waals surface area contributed by atoms with E-state index in [4.69, 9.17) is 14.9 Å². The lowest BCUT2D eigenvalue weighted by Crippen LogP contribution is -2.47. The van der Waals surface area contributed by atoms with Crippen LogP contribution in [0.5, 0.6) is 5.75 Å². The van der Waals surface area contributed by atoms with Crippen molar-refractivity contribution in [2.45, 2.75) is 12.0 Å². The average Bonchev–Trinajstić information content (AvgIpc) is 3.62. The number of carboxylic acids is 2. The number of nitrogens with zero attached hydrogens (tertiary/aromatic N) is 2. The van der Waals surface area contributed by atoms with Crippen molar-refractivity contribution in [1.29, 1.82) is 0 Å². The van der Waals surface area contributed by atoms with Gasteiger partial charge in [-0.1, -0.05) is 12.1 Å². The molecule has 1 saturated heterocycles. The van der Waals surface area contributed by atoms with Gasteiger partial charge in [0.25, 0.3) is 0 Å². The Morgan fingerprint density at radius 1 is 0.944 bits per heavy atom. The van der Waals surface area contributed by atoms with Crippen LogP contribution in [-0.2, 0) is 15.2 Å². The zero-order chi connectivity index (χ0) is 26.0. The Balaban J connectivity index is 0.000000392. The highest BCUT2D eigenvalue weighted by Crippen LogP contribution is 2.36. The standard InChI is InChI=1S/C22H26N2O2S2.C4H4O4/c1-26-21-5-3-2-4-20(21)24-12-10-23(11-13-24)9-8-22(25,18-6-14-27-16-18)19-7-15-28-17-19;5-3(6)1-2-4(7)8/h2-7,14-17,25H,8-13H2,1H3;1-2H,(H,5,6)(H,7,8)/b;2-1+. The van der Waals surface area contributed by atoms with E-state index in [0.717, 1.165) is 55.3 Å². The summed E-state index contributed by atoms with van der Waals surface area (Å²) in [5, 5.41) is 35.4. The first kappa shape index (κ1) is 27.4. The van der Waals surface area contributed by atoms with Crippen LogP contribution >= 0.6 is 22.7 Å². The zero-order valence-corrected chi connectivity index (χ0v) is 21.6. The molecule has 192 valence electrons. The molecule has 1 aromatic carbocycles. The summed E-state index contributed by atoms with van der Waals surface area (Å²) in [5.41, 5.74) is 2.27. The number of ether oxygens (including phenoxy) is 1. The topological polar surface area (TPSA) is 111 Å². The van der Waals surface area contributed by atoms with Gasteiger partial charge in [0, 0.05) is 44.9 Å². The molecule has 0 amide bonds. The second kappa shape index (κ2) is 13.2. The normalized spacial score (nSPS) is 14.3. The molecular weight excluding hydrogens is 500 g/mol. The minimum Gasteiger partial charge on any atom is -0.495 e. The fourth-order valence-electron chi connectivity index (χ4n) is 4.02. The van der Waals surface area contributed by atoms with Gasteiger partial charge in [0.1, 0.15) is 11.4 Å². The lowest BCUT2D eigenvalue weighted by molar-refractivity contribution is -0.134.